The molecule has 2 aromatic rings. The summed E-state index contributed by atoms with van der Waals surface area (Å²) in [5.41, 5.74) is 3.42. The number of nitrogens with zero attached hydrogens (tertiary/aromatic N) is 1. The van der Waals surface area contributed by atoms with Crippen LogP contribution in [0.1, 0.15) is 21.7 Å². The van der Waals surface area contributed by atoms with E-state index in [0.717, 1.165) is 26.0 Å². The van der Waals surface area contributed by atoms with Crippen LogP contribution in [-0.2, 0) is 4.74 Å². The van der Waals surface area contributed by atoms with Crippen LogP contribution in [0.25, 0.3) is 5.69 Å². The van der Waals surface area contributed by atoms with Gasteiger partial charge in [-0.25, -0.2) is 4.79 Å². The second-order valence-electron chi connectivity index (χ2n) is 4.21. The van der Waals surface area contributed by atoms with Gasteiger partial charge in [-0.05, 0) is 54.0 Å². The minimum absolute atomic E-state index is 0.314. The van der Waals surface area contributed by atoms with Gasteiger partial charge in [-0.15, -0.1) is 0 Å². The summed E-state index contributed by atoms with van der Waals surface area (Å²) >= 11 is 7.01. The number of carbonyl (C=O) groups excluding carboxylic acids is 1. The summed E-state index contributed by atoms with van der Waals surface area (Å²) in [4.78, 5) is 11.7. The average Bonchev–Trinajstić information content (AvgIpc) is 2.67. The number of benzene rings is 1. The molecule has 1 aromatic carbocycles. The Hall–Kier alpha value is -1.07. The molecular weight excluding hydrogens is 374 g/mol. The van der Waals surface area contributed by atoms with Gasteiger partial charge >= 0.3 is 5.97 Å². The fraction of sp³-hybridized carbons (Fsp3) is 0.214. The van der Waals surface area contributed by atoms with Crippen LogP contribution in [0.15, 0.2) is 33.2 Å². The van der Waals surface area contributed by atoms with Crippen molar-refractivity contribution in [2.75, 3.05) is 7.11 Å². The summed E-state index contributed by atoms with van der Waals surface area (Å²) in [5, 5.41) is 0. The number of aromatic nitrogens is 1. The van der Waals surface area contributed by atoms with Crippen LogP contribution < -0.4 is 0 Å². The Bertz CT molecular complexity index is 647. The third-order valence-corrected chi connectivity index (χ3v) is 4.15. The van der Waals surface area contributed by atoms with Gasteiger partial charge in [0.2, 0.25) is 0 Å². The lowest BCUT2D eigenvalue weighted by Crippen LogP contribution is -2.05. The molecule has 0 atom stereocenters. The highest BCUT2D eigenvalue weighted by Crippen LogP contribution is 2.29. The van der Waals surface area contributed by atoms with Crippen LogP contribution in [0.3, 0.4) is 0 Å². The Morgan fingerprint density at radius 2 is 1.89 bits per heavy atom. The van der Waals surface area contributed by atoms with Crippen LogP contribution in [0.2, 0.25) is 0 Å². The number of methoxy groups -OCH3 is 1. The summed E-state index contributed by atoms with van der Waals surface area (Å²) in [6.07, 6.45) is 0. The van der Waals surface area contributed by atoms with E-state index in [-0.39, 0.29) is 5.97 Å². The first-order chi connectivity index (χ1) is 8.95. The quantitative estimate of drug-likeness (QED) is 0.716. The molecule has 0 fully saturated rings. The zero-order valence-electron chi connectivity index (χ0n) is 10.8. The van der Waals surface area contributed by atoms with Gasteiger partial charge in [0, 0.05) is 20.3 Å². The Morgan fingerprint density at radius 1 is 1.21 bits per heavy atom. The lowest BCUT2D eigenvalue weighted by Gasteiger charge is -2.12. The van der Waals surface area contributed by atoms with Gasteiger partial charge in [-0.3, -0.25) is 0 Å². The monoisotopic (exact) mass is 385 g/mol. The normalized spacial score (nSPS) is 10.6. The van der Waals surface area contributed by atoms with Crippen molar-refractivity contribution in [1.29, 1.82) is 0 Å². The fourth-order valence-electron chi connectivity index (χ4n) is 2.11. The first kappa shape index (κ1) is 14.3. The van der Waals surface area contributed by atoms with Gasteiger partial charge in [-0.1, -0.05) is 15.9 Å². The largest absolute Gasteiger partial charge is 0.465 e. The zero-order valence-corrected chi connectivity index (χ0v) is 14.0. The number of hydrogen-bond donors (Lipinski definition) is 0. The van der Waals surface area contributed by atoms with E-state index in [9.17, 15) is 4.79 Å². The maximum atomic E-state index is 11.7. The summed E-state index contributed by atoms with van der Waals surface area (Å²) in [5.74, 6) is -0.314. The lowest BCUT2D eigenvalue weighted by molar-refractivity contribution is 0.0600. The van der Waals surface area contributed by atoms with Gasteiger partial charge in [0.15, 0.2) is 0 Å². The molecule has 5 heteroatoms. The second kappa shape index (κ2) is 5.51. The number of carbonyl (C=O) groups is 1. The molecule has 0 aliphatic carbocycles. The van der Waals surface area contributed by atoms with Crippen molar-refractivity contribution >= 4 is 37.8 Å². The Labute approximate surface area is 128 Å². The summed E-state index contributed by atoms with van der Waals surface area (Å²) in [6, 6.07) is 7.78. The zero-order chi connectivity index (χ0) is 14.2. The Kier molecular flexibility index (Phi) is 4.16. The summed E-state index contributed by atoms with van der Waals surface area (Å²) in [6.45, 7) is 3.87. The van der Waals surface area contributed by atoms with Crippen molar-refractivity contribution in [3.63, 3.8) is 0 Å². The fourth-order valence-corrected chi connectivity index (χ4v) is 2.88. The standard InChI is InChI=1S/C14H13Br2NO2/c1-8-6-11(14(18)19-3)9(2)17(8)13-7-10(15)4-5-12(13)16/h4-7H,1-3H3. The molecule has 0 spiro atoms. The maximum Gasteiger partial charge on any atom is 0.339 e. The predicted molar refractivity (Wildman–Crippen MR) is 82.0 cm³/mol. The molecule has 1 aromatic heterocycles. The third kappa shape index (κ3) is 2.62. The van der Waals surface area contributed by atoms with Gasteiger partial charge in [-0.2, -0.15) is 0 Å². The lowest BCUT2D eigenvalue weighted by atomic mass is 10.2. The van der Waals surface area contributed by atoms with E-state index >= 15 is 0 Å². The van der Waals surface area contributed by atoms with Gasteiger partial charge < -0.3 is 9.30 Å². The molecule has 0 saturated carbocycles. The van der Waals surface area contributed by atoms with Crippen molar-refractivity contribution in [3.05, 3.63) is 50.2 Å². The Balaban J connectivity index is 2.66. The first-order valence-corrected chi connectivity index (χ1v) is 7.27. The van der Waals surface area contributed by atoms with Crippen molar-refractivity contribution in [1.82, 2.24) is 4.57 Å². The molecule has 0 saturated heterocycles. The highest BCUT2D eigenvalue weighted by molar-refractivity contribution is 9.11. The van der Waals surface area contributed by atoms with Gasteiger partial charge in [0.25, 0.3) is 0 Å². The number of aryl methyl sites for hydroxylation is 1. The number of hydrogen-bond acceptors (Lipinski definition) is 2. The van der Waals surface area contributed by atoms with Crippen molar-refractivity contribution in [2.24, 2.45) is 0 Å². The van der Waals surface area contributed by atoms with Crippen molar-refractivity contribution in [3.8, 4) is 5.69 Å². The molecule has 0 radical (unpaired) electrons. The minimum atomic E-state index is -0.314. The van der Waals surface area contributed by atoms with Crippen LogP contribution in [0.5, 0.6) is 0 Å². The molecule has 0 N–H and O–H groups in total. The molecule has 0 aliphatic heterocycles. The third-order valence-electron chi connectivity index (χ3n) is 2.99. The molecule has 2 rings (SSSR count). The molecule has 1 heterocycles. The average molecular weight is 387 g/mol. The highest BCUT2D eigenvalue weighted by atomic mass is 79.9. The minimum Gasteiger partial charge on any atom is -0.465 e. The SMILES string of the molecule is COC(=O)c1cc(C)n(-c2cc(Br)ccc2Br)c1C. The van der Waals surface area contributed by atoms with E-state index in [4.69, 9.17) is 4.74 Å². The number of halogens is 2. The number of rotatable bonds is 2. The molecular formula is C14H13Br2NO2. The molecule has 100 valence electrons. The van der Waals surface area contributed by atoms with E-state index in [0.29, 0.717) is 5.56 Å². The highest BCUT2D eigenvalue weighted by Gasteiger charge is 2.18. The van der Waals surface area contributed by atoms with Crippen LogP contribution in [0.4, 0.5) is 0 Å². The van der Waals surface area contributed by atoms with E-state index < -0.39 is 0 Å². The molecule has 0 amide bonds. The summed E-state index contributed by atoms with van der Waals surface area (Å²) < 4.78 is 8.78. The predicted octanol–water partition coefficient (Wildman–Crippen LogP) is 4.41. The van der Waals surface area contributed by atoms with Crippen molar-refractivity contribution in [2.45, 2.75) is 13.8 Å². The van der Waals surface area contributed by atoms with E-state index in [2.05, 4.69) is 31.9 Å². The first-order valence-electron chi connectivity index (χ1n) is 5.68. The van der Waals surface area contributed by atoms with E-state index in [1.165, 1.54) is 7.11 Å². The van der Waals surface area contributed by atoms with E-state index in [1.54, 1.807) is 0 Å². The molecule has 3 nitrogen and oxygen atoms in total. The van der Waals surface area contributed by atoms with Gasteiger partial charge in [0.05, 0.1) is 18.4 Å². The second-order valence-corrected chi connectivity index (χ2v) is 5.98. The number of ether oxygens (including phenoxy) is 1. The number of esters is 1. The van der Waals surface area contributed by atoms with Gasteiger partial charge in [0.1, 0.15) is 0 Å². The van der Waals surface area contributed by atoms with Crippen molar-refractivity contribution < 1.29 is 9.53 Å². The smallest absolute Gasteiger partial charge is 0.339 e. The molecule has 0 aliphatic rings. The molecule has 19 heavy (non-hydrogen) atoms. The molecule has 0 bridgehead atoms. The maximum absolute atomic E-state index is 11.7. The van der Waals surface area contributed by atoms with Crippen LogP contribution in [0, 0.1) is 13.8 Å². The Morgan fingerprint density at radius 3 is 2.53 bits per heavy atom. The van der Waals surface area contributed by atoms with Crippen LogP contribution >= 0.6 is 31.9 Å². The topological polar surface area (TPSA) is 31.2 Å². The van der Waals surface area contributed by atoms with E-state index in [1.807, 2.05) is 42.7 Å². The van der Waals surface area contributed by atoms with Crippen LogP contribution in [-0.4, -0.2) is 17.6 Å². The summed E-state index contributed by atoms with van der Waals surface area (Å²) in [7, 11) is 1.39. The molecule has 0 unspecified atom stereocenters.